The number of carbonyl (C=O) groups is 2. The van der Waals surface area contributed by atoms with Gasteiger partial charge >= 0.3 is 5.97 Å². The zero-order valence-electron chi connectivity index (χ0n) is 12.5. The normalized spacial score (nSPS) is 11.6. The number of hydrogen-bond donors (Lipinski definition) is 2. The Hall–Kier alpha value is -2.24. The van der Waals surface area contributed by atoms with Crippen molar-refractivity contribution in [2.24, 2.45) is 5.92 Å². The van der Waals surface area contributed by atoms with E-state index in [1.165, 1.54) is 7.11 Å². The predicted molar refractivity (Wildman–Crippen MR) is 77.7 cm³/mol. The van der Waals surface area contributed by atoms with Gasteiger partial charge in [0.15, 0.2) is 11.5 Å². The SMILES string of the molecule is COc1ccc(CC(=O)NCC(C)CC(=O)O)cc1OC. The number of ether oxygens (including phenoxy) is 2. The van der Waals surface area contributed by atoms with Crippen LogP contribution in [0.5, 0.6) is 11.5 Å². The topological polar surface area (TPSA) is 84.9 Å². The smallest absolute Gasteiger partial charge is 0.303 e. The van der Waals surface area contributed by atoms with Crippen LogP contribution in [0.25, 0.3) is 0 Å². The molecule has 1 unspecified atom stereocenters. The Kier molecular flexibility index (Phi) is 6.52. The van der Waals surface area contributed by atoms with Crippen LogP contribution in [-0.4, -0.2) is 37.7 Å². The van der Waals surface area contributed by atoms with Gasteiger partial charge in [-0.1, -0.05) is 13.0 Å². The maximum absolute atomic E-state index is 11.8. The molecule has 0 heterocycles. The molecule has 0 saturated heterocycles. The zero-order chi connectivity index (χ0) is 15.8. The van der Waals surface area contributed by atoms with Crippen molar-refractivity contribution >= 4 is 11.9 Å². The second kappa shape index (κ2) is 8.14. The minimum atomic E-state index is -0.864. The number of carbonyl (C=O) groups excluding carboxylic acids is 1. The molecule has 1 rings (SSSR count). The highest BCUT2D eigenvalue weighted by Gasteiger charge is 2.11. The molecule has 0 aliphatic carbocycles. The van der Waals surface area contributed by atoms with E-state index in [1.54, 1.807) is 32.2 Å². The molecule has 116 valence electrons. The maximum Gasteiger partial charge on any atom is 0.303 e. The fraction of sp³-hybridized carbons (Fsp3) is 0.467. The van der Waals surface area contributed by atoms with E-state index in [4.69, 9.17) is 14.6 Å². The molecular weight excluding hydrogens is 274 g/mol. The molecule has 1 atom stereocenters. The first-order chi connectivity index (χ1) is 9.96. The second-order valence-electron chi connectivity index (χ2n) is 4.87. The van der Waals surface area contributed by atoms with Crippen LogP contribution in [0.15, 0.2) is 18.2 Å². The molecule has 1 aromatic rings. The van der Waals surface area contributed by atoms with Crippen LogP contribution < -0.4 is 14.8 Å². The fourth-order valence-corrected chi connectivity index (χ4v) is 1.90. The van der Waals surface area contributed by atoms with Crippen molar-refractivity contribution in [1.82, 2.24) is 5.32 Å². The lowest BCUT2D eigenvalue weighted by molar-refractivity contribution is -0.138. The van der Waals surface area contributed by atoms with Gasteiger partial charge in [-0.2, -0.15) is 0 Å². The van der Waals surface area contributed by atoms with E-state index in [9.17, 15) is 9.59 Å². The molecule has 0 aromatic heterocycles. The summed E-state index contributed by atoms with van der Waals surface area (Å²) >= 11 is 0. The van der Waals surface area contributed by atoms with E-state index < -0.39 is 5.97 Å². The van der Waals surface area contributed by atoms with E-state index in [0.717, 1.165) is 5.56 Å². The van der Waals surface area contributed by atoms with Crippen molar-refractivity contribution in [2.45, 2.75) is 19.8 Å². The molecule has 21 heavy (non-hydrogen) atoms. The summed E-state index contributed by atoms with van der Waals surface area (Å²) in [4.78, 5) is 22.4. The largest absolute Gasteiger partial charge is 0.493 e. The molecule has 0 spiro atoms. The van der Waals surface area contributed by atoms with Gasteiger partial charge in [-0.15, -0.1) is 0 Å². The fourth-order valence-electron chi connectivity index (χ4n) is 1.90. The average Bonchev–Trinajstić information content (AvgIpc) is 2.44. The Labute approximate surface area is 124 Å². The van der Waals surface area contributed by atoms with Gasteiger partial charge in [0, 0.05) is 13.0 Å². The van der Waals surface area contributed by atoms with Crippen molar-refractivity contribution in [3.05, 3.63) is 23.8 Å². The summed E-state index contributed by atoms with van der Waals surface area (Å²) in [5.41, 5.74) is 0.802. The monoisotopic (exact) mass is 295 g/mol. The van der Waals surface area contributed by atoms with E-state index in [2.05, 4.69) is 5.32 Å². The standard InChI is InChI=1S/C15H21NO5/c1-10(6-15(18)19)9-16-14(17)8-11-4-5-12(20-2)13(7-11)21-3/h4-5,7,10H,6,8-9H2,1-3H3,(H,16,17)(H,18,19). The summed E-state index contributed by atoms with van der Waals surface area (Å²) < 4.78 is 10.3. The van der Waals surface area contributed by atoms with E-state index >= 15 is 0 Å². The summed E-state index contributed by atoms with van der Waals surface area (Å²) in [6.07, 6.45) is 0.247. The highest BCUT2D eigenvalue weighted by atomic mass is 16.5. The van der Waals surface area contributed by atoms with Crippen LogP contribution in [-0.2, 0) is 16.0 Å². The number of amides is 1. The number of hydrogen-bond acceptors (Lipinski definition) is 4. The molecule has 0 saturated carbocycles. The summed E-state index contributed by atoms with van der Waals surface area (Å²) in [6, 6.07) is 5.29. The quantitative estimate of drug-likeness (QED) is 0.758. The molecule has 0 radical (unpaired) electrons. The van der Waals surface area contributed by atoms with E-state index in [1.807, 2.05) is 0 Å². The molecule has 0 fully saturated rings. The maximum atomic E-state index is 11.8. The van der Waals surface area contributed by atoms with E-state index in [-0.39, 0.29) is 24.7 Å². The van der Waals surface area contributed by atoms with Crippen molar-refractivity contribution in [1.29, 1.82) is 0 Å². The van der Waals surface area contributed by atoms with Gasteiger partial charge in [0.25, 0.3) is 0 Å². The molecule has 1 aromatic carbocycles. The van der Waals surface area contributed by atoms with Crippen molar-refractivity contribution in [3.8, 4) is 11.5 Å². The summed E-state index contributed by atoms with van der Waals surface area (Å²) in [6.45, 7) is 2.13. The molecule has 1 amide bonds. The molecule has 0 bridgehead atoms. The van der Waals surface area contributed by atoms with Gasteiger partial charge in [-0.25, -0.2) is 0 Å². The van der Waals surface area contributed by atoms with Crippen LogP contribution in [0.4, 0.5) is 0 Å². The number of carboxylic acid groups (broad SMARTS) is 1. The van der Waals surface area contributed by atoms with Crippen molar-refractivity contribution < 1.29 is 24.2 Å². The molecule has 0 aliphatic rings. The Morgan fingerprint density at radius 2 is 1.90 bits per heavy atom. The van der Waals surface area contributed by atoms with Gasteiger partial charge in [-0.3, -0.25) is 9.59 Å². The summed E-state index contributed by atoms with van der Waals surface area (Å²) in [5.74, 6) is 0.0618. The average molecular weight is 295 g/mol. The molecular formula is C15H21NO5. The minimum absolute atomic E-state index is 0.0383. The highest BCUT2D eigenvalue weighted by Crippen LogP contribution is 2.27. The van der Waals surface area contributed by atoms with Gasteiger partial charge in [0.2, 0.25) is 5.91 Å². The summed E-state index contributed by atoms with van der Waals surface area (Å²) in [7, 11) is 3.09. The van der Waals surface area contributed by atoms with Crippen LogP contribution in [0, 0.1) is 5.92 Å². The highest BCUT2D eigenvalue weighted by molar-refractivity contribution is 5.78. The van der Waals surface area contributed by atoms with Crippen LogP contribution in [0.3, 0.4) is 0 Å². The number of nitrogens with one attached hydrogen (secondary N) is 1. The van der Waals surface area contributed by atoms with Crippen LogP contribution >= 0.6 is 0 Å². The lowest BCUT2D eigenvalue weighted by Gasteiger charge is -2.12. The number of benzene rings is 1. The lowest BCUT2D eigenvalue weighted by atomic mass is 10.1. The van der Waals surface area contributed by atoms with E-state index in [0.29, 0.717) is 18.0 Å². The minimum Gasteiger partial charge on any atom is -0.493 e. The first kappa shape index (κ1) is 16.8. The van der Waals surface area contributed by atoms with Gasteiger partial charge in [-0.05, 0) is 23.6 Å². The first-order valence-corrected chi connectivity index (χ1v) is 6.65. The van der Waals surface area contributed by atoms with Gasteiger partial charge < -0.3 is 19.9 Å². The Morgan fingerprint density at radius 1 is 1.24 bits per heavy atom. The Balaban J connectivity index is 2.53. The first-order valence-electron chi connectivity index (χ1n) is 6.65. The zero-order valence-corrected chi connectivity index (χ0v) is 12.5. The molecule has 6 heteroatoms. The van der Waals surface area contributed by atoms with Crippen molar-refractivity contribution in [3.63, 3.8) is 0 Å². The number of carboxylic acids is 1. The second-order valence-corrected chi connectivity index (χ2v) is 4.87. The van der Waals surface area contributed by atoms with Crippen LogP contribution in [0.1, 0.15) is 18.9 Å². The molecule has 2 N–H and O–H groups in total. The third-order valence-electron chi connectivity index (χ3n) is 2.98. The number of methoxy groups -OCH3 is 2. The van der Waals surface area contributed by atoms with Crippen molar-refractivity contribution in [2.75, 3.05) is 20.8 Å². The summed E-state index contributed by atoms with van der Waals surface area (Å²) in [5, 5.41) is 11.4. The number of rotatable bonds is 8. The Morgan fingerprint density at radius 3 is 2.48 bits per heavy atom. The molecule has 6 nitrogen and oxygen atoms in total. The molecule has 0 aliphatic heterocycles. The Bertz CT molecular complexity index is 501. The third kappa shape index (κ3) is 5.72. The third-order valence-corrected chi connectivity index (χ3v) is 2.98. The van der Waals surface area contributed by atoms with Crippen LogP contribution in [0.2, 0.25) is 0 Å². The van der Waals surface area contributed by atoms with Gasteiger partial charge in [0.1, 0.15) is 0 Å². The number of aliphatic carboxylic acids is 1. The predicted octanol–water partition coefficient (Wildman–Crippen LogP) is 1.47. The lowest BCUT2D eigenvalue weighted by Crippen LogP contribution is -2.30. The van der Waals surface area contributed by atoms with Gasteiger partial charge in [0.05, 0.1) is 20.6 Å².